The molecule has 3 heteroatoms. The molecule has 2 atom stereocenters. The summed E-state index contributed by atoms with van der Waals surface area (Å²) in [5.41, 5.74) is 1.22. The Morgan fingerprint density at radius 1 is 1.48 bits per heavy atom. The van der Waals surface area contributed by atoms with Gasteiger partial charge in [-0.3, -0.25) is 0 Å². The second-order valence-electron chi connectivity index (χ2n) is 5.72. The molecule has 0 spiro atoms. The van der Waals surface area contributed by atoms with E-state index in [4.69, 9.17) is 11.6 Å². The Morgan fingerprint density at radius 2 is 2.29 bits per heavy atom. The van der Waals surface area contributed by atoms with E-state index in [9.17, 15) is 0 Å². The summed E-state index contributed by atoms with van der Waals surface area (Å²) in [6.45, 7) is 8.25. The molecule has 0 heterocycles. The van der Waals surface area contributed by atoms with Crippen molar-refractivity contribution in [1.82, 2.24) is 10.6 Å². The van der Waals surface area contributed by atoms with Crippen LogP contribution in [-0.2, 0) is 0 Å². The summed E-state index contributed by atoms with van der Waals surface area (Å²) in [4.78, 5) is 0. The van der Waals surface area contributed by atoms with Gasteiger partial charge in [-0.05, 0) is 57.3 Å². The zero-order valence-electron chi connectivity index (χ0n) is 13.4. The van der Waals surface area contributed by atoms with Gasteiger partial charge in [-0.2, -0.15) is 0 Å². The number of nitrogens with one attached hydrogen (secondary N) is 2. The summed E-state index contributed by atoms with van der Waals surface area (Å²) in [5, 5.41) is 7.59. The van der Waals surface area contributed by atoms with Crippen molar-refractivity contribution in [2.45, 2.75) is 32.6 Å². The van der Waals surface area contributed by atoms with E-state index in [0.717, 1.165) is 30.5 Å². The average Bonchev–Trinajstić information content (AvgIpc) is 2.48. The Hall–Kier alpha value is -0.990. The van der Waals surface area contributed by atoms with E-state index in [1.165, 1.54) is 25.0 Å². The van der Waals surface area contributed by atoms with Gasteiger partial charge < -0.3 is 10.6 Å². The van der Waals surface area contributed by atoms with Gasteiger partial charge in [0.1, 0.15) is 0 Å². The molecule has 2 nitrogen and oxygen atoms in total. The Bertz CT molecular complexity index is 396. The molecule has 0 aliphatic heterocycles. The first-order valence-electron chi connectivity index (χ1n) is 7.92. The summed E-state index contributed by atoms with van der Waals surface area (Å²) in [5.74, 6) is 1.13. The fourth-order valence-corrected chi connectivity index (χ4v) is 2.76. The maximum atomic E-state index is 6.09. The Balaban J connectivity index is 2.34. The van der Waals surface area contributed by atoms with Crippen molar-refractivity contribution in [3.63, 3.8) is 0 Å². The minimum atomic E-state index is 0.349. The lowest BCUT2D eigenvalue weighted by molar-refractivity contribution is 0.459. The highest BCUT2D eigenvalue weighted by atomic mass is 35.5. The number of hydrogen-bond acceptors (Lipinski definition) is 2. The molecule has 21 heavy (non-hydrogen) atoms. The predicted octanol–water partition coefficient (Wildman–Crippen LogP) is 4.37. The molecule has 0 fully saturated rings. The van der Waals surface area contributed by atoms with Crippen LogP contribution in [-0.4, -0.2) is 20.1 Å². The van der Waals surface area contributed by atoms with Gasteiger partial charge in [0.05, 0.1) is 0 Å². The molecule has 0 aromatic rings. The van der Waals surface area contributed by atoms with Crippen molar-refractivity contribution in [3.8, 4) is 0 Å². The minimum Gasteiger partial charge on any atom is -0.388 e. The van der Waals surface area contributed by atoms with Gasteiger partial charge in [0.2, 0.25) is 0 Å². The lowest BCUT2D eigenvalue weighted by Crippen LogP contribution is -2.22. The van der Waals surface area contributed by atoms with Crippen LogP contribution in [0.3, 0.4) is 0 Å². The highest BCUT2D eigenvalue weighted by Gasteiger charge is 2.13. The molecule has 0 aromatic heterocycles. The van der Waals surface area contributed by atoms with Crippen molar-refractivity contribution < 1.29 is 0 Å². The summed E-state index contributed by atoms with van der Waals surface area (Å²) >= 11 is 6.09. The molecule has 1 aliphatic rings. The molecule has 2 unspecified atom stereocenters. The number of allylic oxidation sites excluding steroid dienone is 6. The first kappa shape index (κ1) is 18.1. The summed E-state index contributed by atoms with van der Waals surface area (Å²) in [6, 6.07) is 0. The van der Waals surface area contributed by atoms with Crippen LogP contribution < -0.4 is 10.6 Å². The number of rotatable bonds is 10. The molecule has 1 aliphatic carbocycles. The van der Waals surface area contributed by atoms with Crippen LogP contribution in [0.2, 0.25) is 0 Å². The van der Waals surface area contributed by atoms with Crippen molar-refractivity contribution in [3.05, 3.63) is 47.7 Å². The predicted molar refractivity (Wildman–Crippen MR) is 94.4 cm³/mol. The number of hydrogen-bond donors (Lipinski definition) is 2. The molecule has 0 saturated heterocycles. The van der Waals surface area contributed by atoms with Gasteiger partial charge in [0.15, 0.2) is 0 Å². The molecule has 118 valence electrons. The maximum absolute atomic E-state index is 6.09. The third-order valence-electron chi connectivity index (χ3n) is 3.81. The first-order chi connectivity index (χ1) is 10.2. The SMILES string of the molecule is C=C/C=C(\NCCCC(C)CCNC)C1C=C(Cl)C=CC1. The van der Waals surface area contributed by atoms with Crippen molar-refractivity contribution in [1.29, 1.82) is 0 Å². The van der Waals surface area contributed by atoms with Gasteiger partial charge in [-0.1, -0.05) is 43.3 Å². The van der Waals surface area contributed by atoms with E-state index in [1.54, 1.807) is 0 Å². The fourth-order valence-electron chi connectivity index (χ4n) is 2.52. The third kappa shape index (κ3) is 7.54. The van der Waals surface area contributed by atoms with Crippen LogP contribution in [0.15, 0.2) is 47.7 Å². The highest BCUT2D eigenvalue weighted by molar-refractivity contribution is 6.31. The van der Waals surface area contributed by atoms with Gasteiger partial charge in [-0.25, -0.2) is 0 Å². The zero-order chi connectivity index (χ0) is 15.5. The Morgan fingerprint density at radius 3 is 2.95 bits per heavy atom. The third-order valence-corrected chi connectivity index (χ3v) is 4.07. The summed E-state index contributed by atoms with van der Waals surface area (Å²) in [7, 11) is 2.01. The minimum absolute atomic E-state index is 0.349. The topological polar surface area (TPSA) is 24.1 Å². The molecule has 0 aromatic carbocycles. The lowest BCUT2D eigenvalue weighted by Gasteiger charge is -2.20. The molecular formula is C18H29ClN2. The van der Waals surface area contributed by atoms with E-state index in [1.807, 2.05) is 19.2 Å². The van der Waals surface area contributed by atoms with Gasteiger partial charge >= 0.3 is 0 Å². The molecular weight excluding hydrogens is 280 g/mol. The van der Waals surface area contributed by atoms with Crippen LogP contribution in [0, 0.1) is 11.8 Å². The lowest BCUT2D eigenvalue weighted by atomic mass is 9.96. The molecule has 2 N–H and O–H groups in total. The maximum Gasteiger partial charge on any atom is 0.0369 e. The van der Waals surface area contributed by atoms with E-state index in [-0.39, 0.29) is 0 Å². The average molecular weight is 309 g/mol. The van der Waals surface area contributed by atoms with Crippen molar-refractivity contribution >= 4 is 11.6 Å². The van der Waals surface area contributed by atoms with Crippen LogP contribution in [0.25, 0.3) is 0 Å². The summed E-state index contributed by atoms with van der Waals surface area (Å²) < 4.78 is 0. The van der Waals surface area contributed by atoms with Crippen LogP contribution in [0.5, 0.6) is 0 Å². The smallest absolute Gasteiger partial charge is 0.0369 e. The second-order valence-corrected chi connectivity index (χ2v) is 6.16. The Kier molecular flexibility index (Phi) is 9.20. The van der Waals surface area contributed by atoms with E-state index < -0.39 is 0 Å². The van der Waals surface area contributed by atoms with Gasteiger partial charge in [-0.15, -0.1) is 0 Å². The first-order valence-corrected chi connectivity index (χ1v) is 8.30. The molecule has 1 rings (SSSR count). The molecule has 0 amide bonds. The molecule has 0 bridgehead atoms. The van der Waals surface area contributed by atoms with Crippen LogP contribution in [0.1, 0.15) is 32.6 Å². The van der Waals surface area contributed by atoms with E-state index >= 15 is 0 Å². The van der Waals surface area contributed by atoms with Gasteiger partial charge in [0, 0.05) is 23.2 Å². The normalized spacial score (nSPS) is 20.0. The largest absolute Gasteiger partial charge is 0.388 e. The second kappa shape index (κ2) is 10.7. The van der Waals surface area contributed by atoms with E-state index in [2.05, 4.69) is 42.4 Å². The monoisotopic (exact) mass is 308 g/mol. The molecule has 0 saturated carbocycles. The van der Waals surface area contributed by atoms with Gasteiger partial charge in [0.25, 0.3) is 0 Å². The fraction of sp³-hybridized carbons (Fsp3) is 0.556. The highest BCUT2D eigenvalue weighted by Crippen LogP contribution is 2.24. The Labute approximate surface area is 135 Å². The van der Waals surface area contributed by atoms with E-state index in [0.29, 0.717) is 5.92 Å². The zero-order valence-corrected chi connectivity index (χ0v) is 14.1. The van der Waals surface area contributed by atoms with Crippen LogP contribution in [0.4, 0.5) is 0 Å². The van der Waals surface area contributed by atoms with Crippen molar-refractivity contribution in [2.24, 2.45) is 11.8 Å². The van der Waals surface area contributed by atoms with Crippen molar-refractivity contribution in [2.75, 3.05) is 20.1 Å². The summed E-state index contributed by atoms with van der Waals surface area (Å²) in [6.07, 6.45) is 14.8. The van der Waals surface area contributed by atoms with Crippen LogP contribution >= 0.6 is 11.6 Å². The quantitative estimate of drug-likeness (QED) is 0.462. The number of halogens is 1. The molecule has 0 radical (unpaired) electrons. The standard InChI is InChI=1S/C18H29ClN2/c1-4-7-18(16-9-5-10-17(19)14-16)21-12-6-8-15(2)11-13-20-3/h4-5,7,10,14-16,20-21H,1,6,8-9,11-13H2,2-3H3/b18-7-.